The normalized spacial score (nSPS) is 18.0. The number of nitrogens with two attached hydrogens (primary N) is 1. The first-order valence-electron chi connectivity index (χ1n) is 5.46. The fourth-order valence-electron chi connectivity index (χ4n) is 1.71. The summed E-state index contributed by atoms with van der Waals surface area (Å²) in [6.45, 7) is 0.124. The molecule has 0 unspecified atom stereocenters. The van der Waals surface area contributed by atoms with E-state index in [0.29, 0.717) is 11.3 Å². The van der Waals surface area contributed by atoms with Gasteiger partial charge in [-0.25, -0.2) is 13.1 Å². The van der Waals surface area contributed by atoms with Gasteiger partial charge in [0.05, 0.1) is 4.92 Å². The molecule has 1 aromatic rings. The number of hydrogen-bond acceptors (Lipinski definition) is 6. The summed E-state index contributed by atoms with van der Waals surface area (Å²) in [6, 6.07) is 0.958. The van der Waals surface area contributed by atoms with E-state index in [1.807, 2.05) is 0 Å². The third kappa shape index (κ3) is 3.06. The van der Waals surface area contributed by atoms with Gasteiger partial charge in [-0.3, -0.25) is 10.1 Å². The van der Waals surface area contributed by atoms with Crippen LogP contribution in [0.3, 0.4) is 0 Å². The highest BCUT2D eigenvalue weighted by Gasteiger charge is 2.34. The van der Waals surface area contributed by atoms with Crippen molar-refractivity contribution >= 4 is 38.6 Å². The number of nitrogens with zero attached hydrogens (tertiary/aromatic N) is 1. The van der Waals surface area contributed by atoms with Crippen LogP contribution < -0.4 is 10.5 Å². The van der Waals surface area contributed by atoms with Crippen molar-refractivity contribution in [1.29, 1.82) is 0 Å². The highest BCUT2D eigenvalue weighted by Crippen LogP contribution is 2.36. The van der Waals surface area contributed by atoms with Gasteiger partial charge >= 0.3 is 0 Å². The van der Waals surface area contributed by atoms with Gasteiger partial charge in [-0.05, 0) is 19.3 Å². The summed E-state index contributed by atoms with van der Waals surface area (Å²) in [5.41, 5.74) is 5.01. The van der Waals surface area contributed by atoms with Crippen LogP contribution in [0.5, 0.6) is 0 Å². The summed E-state index contributed by atoms with van der Waals surface area (Å²) in [4.78, 5) is 9.91. The Morgan fingerprint density at radius 1 is 1.58 bits per heavy atom. The third-order valence-electron chi connectivity index (χ3n) is 3.07. The molecule has 1 heterocycles. The average Bonchev–Trinajstić information content (AvgIpc) is 2.67. The Hall–Kier alpha value is -0.740. The van der Waals surface area contributed by atoms with Crippen LogP contribution in [0.15, 0.2) is 10.3 Å². The molecule has 0 aliphatic heterocycles. The molecule has 0 spiro atoms. The molecule has 0 saturated heterocycles. The molecular weight excluding hydrogens is 314 g/mol. The standard InChI is InChI=1S/C9H12ClN3O4S2/c10-8-6(13(14)15)4-7(18-8)19(16,17)12-5-9(11)2-1-3-9/h4,12H,1-3,5,11H2. The topological polar surface area (TPSA) is 115 Å². The third-order valence-corrected chi connectivity index (χ3v) is 6.28. The SMILES string of the molecule is NC1(CNS(=O)(=O)c2cc([N+](=O)[O-])c(Cl)s2)CCC1. The first-order chi connectivity index (χ1) is 8.73. The number of sulfonamides is 1. The van der Waals surface area contributed by atoms with Crippen LogP contribution in [0.25, 0.3) is 0 Å². The summed E-state index contributed by atoms with van der Waals surface area (Å²) in [5, 5.41) is 10.6. The van der Waals surface area contributed by atoms with E-state index in [2.05, 4.69) is 4.72 Å². The lowest BCUT2D eigenvalue weighted by atomic mass is 9.78. The maximum atomic E-state index is 12.0. The van der Waals surface area contributed by atoms with E-state index < -0.39 is 26.2 Å². The van der Waals surface area contributed by atoms with Crippen LogP contribution in [0, 0.1) is 10.1 Å². The van der Waals surface area contributed by atoms with Crippen LogP contribution >= 0.6 is 22.9 Å². The first kappa shape index (κ1) is 14.7. The molecule has 19 heavy (non-hydrogen) atoms. The zero-order valence-electron chi connectivity index (χ0n) is 9.76. The molecular formula is C9H12ClN3O4S2. The van der Waals surface area contributed by atoms with E-state index in [9.17, 15) is 18.5 Å². The van der Waals surface area contributed by atoms with Crippen molar-refractivity contribution in [2.24, 2.45) is 5.73 Å². The molecule has 1 saturated carbocycles. The maximum Gasteiger partial charge on any atom is 0.300 e. The van der Waals surface area contributed by atoms with Crippen molar-refractivity contribution < 1.29 is 13.3 Å². The van der Waals surface area contributed by atoms with E-state index >= 15 is 0 Å². The van der Waals surface area contributed by atoms with Crippen molar-refractivity contribution in [1.82, 2.24) is 4.72 Å². The summed E-state index contributed by atoms with van der Waals surface area (Å²) >= 11 is 6.29. The van der Waals surface area contributed by atoms with Crippen molar-refractivity contribution in [3.8, 4) is 0 Å². The van der Waals surface area contributed by atoms with Crippen molar-refractivity contribution in [2.45, 2.75) is 29.0 Å². The molecule has 0 bridgehead atoms. The van der Waals surface area contributed by atoms with Gasteiger partial charge in [0.15, 0.2) is 4.34 Å². The number of thiophene rings is 1. The zero-order valence-corrected chi connectivity index (χ0v) is 12.1. The summed E-state index contributed by atoms with van der Waals surface area (Å²) in [7, 11) is -3.81. The molecule has 7 nitrogen and oxygen atoms in total. The molecule has 0 atom stereocenters. The first-order valence-corrected chi connectivity index (χ1v) is 8.14. The number of hydrogen-bond donors (Lipinski definition) is 2. The van der Waals surface area contributed by atoms with Gasteiger partial charge in [-0.2, -0.15) is 0 Å². The fraction of sp³-hybridized carbons (Fsp3) is 0.556. The zero-order chi connectivity index (χ0) is 14.3. The minimum atomic E-state index is -3.81. The summed E-state index contributed by atoms with van der Waals surface area (Å²) in [5.74, 6) is 0. The predicted octanol–water partition coefficient (Wildman–Crippen LogP) is 1.47. The predicted molar refractivity (Wildman–Crippen MR) is 71.9 cm³/mol. The molecule has 0 aromatic carbocycles. The molecule has 1 aliphatic rings. The molecule has 2 rings (SSSR count). The molecule has 1 fully saturated rings. The van der Waals surface area contributed by atoms with Gasteiger partial charge in [0.1, 0.15) is 4.21 Å². The number of nitro groups is 1. The number of halogens is 1. The minimum absolute atomic E-state index is 0.124. The second kappa shape index (κ2) is 4.98. The highest BCUT2D eigenvalue weighted by molar-refractivity contribution is 7.91. The van der Waals surface area contributed by atoms with Gasteiger partial charge in [0, 0.05) is 18.2 Å². The summed E-state index contributed by atoms with van der Waals surface area (Å²) in [6.07, 6.45) is 2.51. The molecule has 3 N–H and O–H groups in total. The van der Waals surface area contributed by atoms with E-state index in [4.69, 9.17) is 17.3 Å². The highest BCUT2D eigenvalue weighted by atomic mass is 35.5. The Bertz CT molecular complexity index is 609. The number of nitrogens with one attached hydrogen (secondary N) is 1. The second-order valence-corrected chi connectivity index (χ2v) is 8.17. The molecule has 0 radical (unpaired) electrons. The van der Waals surface area contributed by atoms with Gasteiger partial charge in [-0.1, -0.05) is 11.6 Å². The maximum absolute atomic E-state index is 12.0. The van der Waals surface area contributed by atoms with Crippen LogP contribution in [0.1, 0.15) is 19.3 Å². The molecule has 106 valence electrons. The smallest absolute Gasteiger partial charge is 0.300 e. The van der Waals surface area contributed by atoms with Crippen molar-refractivity contribution in [3.63, 3.8) is 0 Å². The van der Waals surface area contributed by atoms with Crippen LogP contribution in [0.2, 0.25) is 4.34 Å². The number of rotatable bonds is 5. The van der Waals surface area contributed by atoms with E-state index in [0.717, 1.165) is 25.3 Å². The largest absolute Gasteiger partial charge is 0.324 e. The van der Waals surface area contributed by atoms with Gasteiger partial charge in [-0.15, -0.1) is 11.3 Å². The Morgan fingerprint density at radius 3 is 2.63 bits per heavy atom. The lowest BCUT2D eigenvalue weighted by Gasteiger charge is -2.37. The molecule has 1 aliphatic carbocycles. The second-order valence-electron chi connectivity index (χ2n) is 4.52. The Labute approximate surface area is 118 Å². The minimum Gasteiger partial charge on any atom is -0.324 e. The average molecular weight is 326 g/mol. The Balaban J connectivity index is 2.15. The Kier molecular flexibility index (Phi) is 3.85. The van der Waals surface area contributed by atoms with Gasteiger partial charge < -0.3 is 5.73 Å². The lowest BCUT2D eigenvalue weighted by molar-refractivity contribution is -0.384. The lowest BCUT2D eigenvalue weighted by Crippen LogP contribution is -2.54. The van der Waals surface area contributed by atoms with Crippen LogP contribution in [-0.4, -0.2) is 25.4 Å². The monoisotopic (exact) mass is 325 g/mol. The van der Waals surface area contributed by atoms with Crippen LogP contribution in [-0.2, 0) is 10.0 Å². The molecule has 0 amide bonds. The fourth-order valence-corrected chi connectivity index (χ4v) is 4.56. The summed E-state index contributed by atoms with van der Waals surface area (Å²) < 4.78 is 26.0. The van der Waals surface area contributed by atoms with Crippen molar-refractivity contribution in [3.05, 3.63) is 20.5 Å². The van der Waals surface area contributed by atoms with Gasteiger partial charge in [0.25, 0.3) is 5.69 Å². The van der Waals surface area contributed by atoms with Crippen LogP contribution in [0.4, 0.5) is 5.69 Å². The Morgan fingerprint density at radius 2 is 2.21 bits per heavy atom. The molecule has 1 aromatic heterocycles. The van der Waals surface area contributed by atoms with E-state index in [1.165, 1.54) is 0 Å². The van der Waals surface area contributed by atoms with Gasteiger partial charge in [0.2, 0.25) is 10.0 Å². The van der Waals surface area contributed by atoms with E-state index in [-0.39, 0.29) is 15.1 Å². The van der Waals surface area contributed by atoms with E-state index in [1.54, 1.807) is 0 Å². The molecule has 10 heteroatoms. The van der Waals surface area contributed by atoms with Crippen molar-refractivity contribution in [2.75, 3.05) is 6.54 Å². The quantitative estimate of drug-likeness (QED) is 0.628.